The van der Waals surface area contributed by atoms with Gasteiger partial charge in [-0.1, -0.05) is 25.8 Å². The van der Waals surface area contributed by atoms with Crippen LogP contribution in [0.5, 0.6) is 0 Å². The lowest BCUT2D eigenvalue weighted by atomic mass is 9.83. The zero-order valence-corrected chi connectivity index (χ0v) is 13.6. The number of hydrogen-bond acceptors (Lipinski definition) is 3. The van der Waals surface area contributed by atoms with Gasteiger partial charge in [0.05, 0.1) is 16.8 Å². The van der Waals surface area contributed by atoms with Crippen LogP contribution >= 0.6 is 11.3 Å². The Bertz CT molecular complexity index is 524. The minimum atomic E-state index is 0.684. The van der Waals surface area contributed by atoms with Crippen LogP contribution in [0.3, 0.4) is 0 Å². The molecule has 2 heterocycles. The van der Waals surface area contributed by atoms with E-state index in [4.69, 9.17) is 0 Å². The van der Waals surface area contributed by atoms with Gasteiger partial charge >= 0.3 is 0 Å². The zero-order valence-electron chi connectivity index (χ0n) is 12.8. The molecule has 2 N–H and O–H groups in total. The van der Waals surface area contributed by atoms with Crippen molar-refractivity contribution in [3.63, 3.8) is 0 Å². The summed E-state index contributed by atoms with van der Waals surface area (Å²) in [5.41, 5.74) is 2.46. The standard InChI is InChI=1S/C17H25N3S/c1-2-4-13-6-8-15(9-7-13)18-11-14-12-19-20-17(14)16-5-3-10-21-16/h3,5,10,12-13,15,18H,2,4,6-9,11H2,1H3,(H,19,20). The second-order valence-electron chi connectivity index (χ2n) is 6.13. The first kappa shape index (κ1) is 14.8. The summed E-state index contributed by atoms with van der Waals surface area (Å²) in [6, 6.07) is 4.93. The summed E-state index contributed by atoms with van der Waals surface area (Å²) in [5.74, 6) is 0.976. The summed E-state index contributed by atoms with van der Waals surface area (Å²) in [4.78, 5) is 1.27. The third-order valence-corrected chi connectivity index (χ3v) is 5.50. The highest BCUT2D eigenvalue weighted by Gasteiger charge is 2.20. The summed E-state index contributed by atoms with van der Waals surface area (Å²) in [6.07, 6.45) is 10.2. The van der Waals surface area contributed by atoms with Gasteiger partial charge in [-0.3, -0.25) is 5.10 Å². The molecular weight excluding hydrogens is 278 g/mol. The monoisotopic (exact) mass is 303 g/mol. The van der Waals surface area contributed by atoms with Crippen molar-refractivity contribution < 1.29 is 0 Å². The number of nitrogens with one attached hydrogen (secondary N) is 2. The first-order valence-corrected chi connectivity index (χ1v) is 9.04. The molecule has 3 rings (SSSR count). The van der Waals surface area contributed by atoms with E-state index in [1.807, 2.05) is 6.20 Å². The third kappa shape index (κ3) is 3.74. The second-order valence-corrected chi connectivity index (χ2v) is 7.08. The van der Waals surface area contributed by atoms with Gasteiger partial charge in [0, 0.05) is 18.2 Å². The lowest BCUT2D eigenvalue weighted by Crippen LogP contribution is -2.32. The predicted octanol–water partition coefficient (Wildman–Crippen LogP) is 4.59. The fraction of sp³-hybridized carbons (Fsp3) is 0.588. The summed E-state index contributed by atoms with van der Waals surface area (Å²) in [7, 11) is 0. The topological polar surface area (TPSA) is 40.7 Å². The van der Waals surface area contributed by atoms with Gasteiger partial charge in [-0.05, 0) is 43.0 Å². The minimum absolute atomic E-state index is 0.684. The van der Waals surface area contributed by atoms with Gasteiger partial charge in [0.25, 0.3) is 0 Å². The van der Waals surface area contributed by atoms with E-state index in [0.717, 1.165) is 12.5 Å². The van der Waals surface area contributed by atoms with Crippen LogP contribution in [0.4, 0.5) is 0 Å². The molecule has 0 amide bonds. The average molecular weight is 303 g/mol. The molecule has 1 aliphatic rings. The summed E-state index contributed by atoms with van der Waals surface area (Å²) >= 11 is 1.76. The van der Waals surface area contributed by atoms with E-state index in [2.05, 4.69) is 40.0 Å². The highest BCUT2D eigenvalue weighted by molar-refractivity contribution is 7.13. The number of aromatic nitrogens is 2. The largest absolute Gasteiger partial charge is 0.310 e. The molecule has 0 saturated heterocycles. The summed E-state index contributed by atoms with van der Waals surface area (Å²) in [5, 5.41) is 13.2. The van der Waals surface area contributed by atoms with Crippen LogP contribution in [-0.2, 0) is 6.54 Å². The molecule has 1 saturated carbocycles. The fourth-order valence-corrected chi connectivity index (χ4v) is 4.15. The van der Waals surface area contributed by atoms with Gasteiger partial charge in [-0.15, -0.1) is 11.3 Å². The Kier molecular flexibility index (Phi) is 5.09. The van der Waals surface area contributed by atoms with Crippen LogP contribution in [0, 0.1) is 5.92 Å². The number of rotatable bonds is 6. The van der Waals surface area contributed by atoms with Gasteiger partial charge in [0.1, 0.15) is 0 Å². The van der Waals surface area contributed by atoms with Crippen molar-refractivity contribution >= 4 is 11.3 Å². The highest BCUT2D eigenvalue weighted by Crippen LogP contribution is 2.29. The minimum Gasteiger partial charge on any atom is -0.310 e. The second kappa shape index (κ2) is 7.23. The van der Waals surface area contributed by atoms with Gasteiger partial charge in [0.2, 0.25) is 0 Å². The molecule has 114 valence electrons. The summed E-state index contributed by atoms with van der Waals surface area (Å²) in [6.45, 7) is 3.22. The summed E-state index contributed by atoms with van der Waals surface area (Å²) < 4.78 is 0. The molecule has 0 atom stereocenters. The first-order valence-electron chi connectivity index (χ1n) is 8.16. The van der Waals surface area contributed by atoms with Crippen molar-refractivity contribution in [2.45, 2.75) is 58.0 Å². The molecule has 0 radical (unpaired) electrons. The normalized spacial score (nSPS) is 22.5. The van der Waals surface area contributed by atoms with E-state index in [1.54, 1.807) is 11.3 Å². The third-order valence-electron chi connectivity index (χ3n) is 4.61. The Balaban J connectivity index is 1.52. The maximum atomic E-state index is 4.22. The molecule has 2 aromatic heterocycles. The van der Waals surface area contributed by atoms with Gasteiger partial charge < -0.3 is 5.32 Å². The van der Waals surface area contributed by atoms with Crippen molar-refractivity contribution in [3.8, 4) is 10.6 Å². The van der Waals surface area contributed by atoms with Crippen molar-refractivity contribution in [1.82, 2.24) is 15.5 Å². The zero-order chi connectivity index (χ0) is 14.5. The lowest BCUT2D eigenvalue weighted by Gasteiger charge is -2.29. The quantitative estimate of drug-likeness (QED) is 0.819. The number of hydrogen-bond donors (Lipinski definition) is 2. The number of aromatic amines is 1. The van der Waals surface area contributed by atoms with Gasteiger partial charge in [-0.25, -0.2) is 0 Å². The van der Waals surface area contributed by atoms with E-state index < -0.39 is 0 Å². The predicted molar refractivity (Wildman–Crippen MR) is 89.4 cm³/mol. The van der Waals surface area contributed by atoms with Crippen LogP contribution < -0.4 is 5.32 Å². The maximum Gasteiger partial charge on any atom is 0.0794 e. The molecule has 0 unspecified atom stereocenters. The number of nitrogens with zero attached hydrogens (tertiary/aromatic N) is 1. The van der Waals surface area contributed by atoms with Gasteiger partial charge in [-0.2, -0.15) is 5.10 Å². The molecule has 0 aliphatic heterocycles. The maximum absolute atomic E-state index is 4.22. The lowest BCUT2D eigenvalue weighted by molar-refractivity contribution is 0.277. The molecule has 3 nitrogen and oxygen atoms in total. The SMILES string of the molecule is CCCC1CCC(NCc2cn[nH]c2-c2cccs2)CC1. The van der Waals surface area contributed by atoms with Crippen molar-refractivity contribution in [2.75, 3.05) is 0 Å². The Labute approximate surface area is 131 Å². The Morgan fingerprint density at radius 1 is 1.33 bits per heavy atom. The number of thiophene rings is 1. The smallest absolute Gasteiger partial charge is 0.0794 e. The Morgan fingerprint density at radius 2 is 2.19 bits per heavy atom. The van der Waals surface area contributed by atoms with E-state index >= 15 is 0 Å². The van der Waals surface area contributed by atoms with Crippen LogP contribution in [0.25, 0.3) is 10.6 Å². The van der Waals surface area contributed by atoms with Crippen LogP contribution in [0.15, 0.2) is 23.7 Å². The fourth-order valence-electron chi connectivity index (χ4n) is 3.40. The Morgan fingerprint density at radius 3 is 2.90 bits per heavy atom. The van der Waals surface area contributed by atoms with Crippen molar-refractivity contribution in [1.29, 1.82) is 0 Å². The molecule has 21 heavy (non-hydrogen) atoms. The molecule has 0 aromatic carbocycles. The molecule has 0 spiro atoms. The van der Waals surface area contributed by atoms with E-state index in [0.29, 0.717) is 6.04 Å². The van der Waals surface area contributed by atoms with Crippen LogP contribution in [0.2, 0.25) is 0 Å². The molecule has 1 aliphatic carbocycles. The molecular formula is C17H25N3S. The number of H-pyrrole nitrogens is 1. The highest BCUT2D eigenvalue weighted by atomic mass is 32.1. The van der Waals surface area contributed by atoms with E-state index in [1.165, 1.54) is 54.7 Å². The van der Waals surface area contributed by atoms with Crippen molar-refractivity contribution in [3.05, 3.63) is 29.3 Å². The Hall–Kier alpha value is -1.13. The molecule has 2 aromatic rings. The van der Waals surface area contributed by atoms with E-state index in [-0.39, 0.29) is 0 Å². The molecule has 0 bridgehead atoms. The molecule has 4 heteroatoms. The average Bonchev–Trinajstić information content (AvgIpc) is 3.18. The van der Waals surface area contributed by atoms with Crippen LogP contribution in [-0.4, -0.2) is 16.2 Å². The van der Waals surface area contributed by atoms with Gasteiger partial charge in [0.15, 0.2) is 0 Å². The van der Waals surface area contributed by atoms with E-state index in [9.17, 15) is 0 Å². The first-order chi connectivity index (χ1) is 10.4. The van der Waals surface area contributed by atoms with Crippen molar-refractivity contribution in [2.24, 2.45) is 5.92 Å². The van der Waals surface area contributed by atoms with Crippen LogP contribution in [0.1, 0.15) is 51.0 Å². The molecule has 1 fully saturated rings.